The number of hydrogen-bond acceptors (Lipinski definition) is 3. The number of benzene rings is 4. The molecule has 0 spiro atoms. The average molecular weight is 439 g/mol. The Hall–Kier alpha value is -3.72. The molecule has 0 saturated carbocycles. The van der Waals surface area contributed by atoms with E-state index in [0.29, 0.717) is 11.5 Å². The fraction of sp³-hybridized carbons (Fsp3) is 0.200. The quantitative estimate of drug-likeness (QED) is 0.288. The second kappa shape index (κ2) is 9.83. The van der Waals surface area contributed by atoms with E-state index >= 15 is 0 Å². The molecule has 0 aromatic heterocycles. The van der Waals surface area contributed by atoms with Gasteiger partial charge >= 0.3 is 0 Å². The maximum Gasteiger partial charge on any atom is 0.165 e. The van der Waals surface area contributed by atoms with Gasteiger partial charge in [-0.1, -0.05) is 97.9 Å². The van der Waals surface area contributed by atoms with Crippen molar-refractivity contribution in [3.8, 4) is 17.2 Å². The van der Waals surface area contributed by atoms with Crippen molar-refractivity contribution in [3.05, 3.63) is 125 Å². The van der Waals surface area contributed by atoms with Crippen molar-refractivity contribution in [1.82, 2.24) is 0 Å². The van der Waals surface area contributed by atoms with Crippen molar-refractivity contribution < 1.29 is 14.2 Å². The first-order chi connectivity index (χ1) is 16.2. The first-order valence-corrected chi connectivity index (χ1v) is 11.2. The van der Waals surface area contributed by atoms with Crippen molar-refractivity contribution >= 4 is 0 Å². The first-order valence-electron chi connectivity index (χ1n) is 11.2. The summed E-state index contributed by atoms with van der Waals surface area (Å²) < 4.78 is 17.8. The molecule has 3 heteroatoms. The van der Waals surface area contributed by atoms with E-state index in [4.69, 9.17) is 14.2 Å². The van der Waals surface area contributed by atoms with E-state index in [1.165, 1.54) is 0 Å². The topological polar surface area (TPSA) is 27.7 Å². The van der Waals surface area contributed by atoms with Crippen LogP contribution in [0.15, 0.2) is 97.1 Å². The van der Waals surface area contributed by atoms with Crippen LogP contribution in [-0.4, -0.2) is 21.3 Å². The van der Waals surface area contributed by atoms with Gasteiger partial charge in [0.05, 0.1) is 26.7 Å². The first kappa shape index (κ1) is 22.5. The van der Waals surface area contributed by atoms with Crippen LogP contribution in [0.1, 0.15) is 34.7 Å². The largest absolute Gasteiger partial charge is 0.496 e. The van der Waals surface area contributed by atoms with Crippen LogP contribution in [0.3, 0.4) is 0 Å². The Morgan fingerprint density at radius 3 is 1.55 bits per heavy atom. The van der Waals surface area contributed by atoms with E-state index in [1.807, 2.05) is 24.3 Å². The molecular formula is C30H30O3. The lowest BCUT2D eigenvalue weighted by Crippen LogP contribution is -2.32. The van der Waals surface area contributed by atoms with Crippen LogP contribution in [0, 0.1) is 0 Å². The summed E-state index contributed by atoms with van der Waals surface area (Å²) in [6.45, 7) is 2.15. The summed E-state index contributed by atoms with van der Waals surface area (Å²) >= 11 is 0. The zero-order valence-corrected chi connectivity index (χ0v) is 19.7. The average Bonchev–Trinajstić information content (AvgIpc) is 2.90. The summed E-state index contributed by atoms with van der Waals surface area (Å²) in [5.74, 6) is 2.28. The Morgan fingerprint density at radius 1 is 0.545 bits per heavy atom. The van der Waals surface area contributed by atoms with Gasteiger partial charge in [0, 0.05) is 11.1 Å². The predicted molar refractivity (Wildman–Crippen MR) is 134 cm³/mol. The van der Waals surface area contributed by atoms with Crippen molar-refractivity contribution in [2.45, 2.75) is 18.8 Å². The maximum atomic E-state index is 6.10. The molecule has 4 aromatic carbocycles. The van der Waals surface area contributed by atoms with Crippen LogP contribution in [-0.2, 0) is 11.8 Å². The minimum Gasteiger partial charge on any atom is -0.496 e. The van der Waals surface area contributed by atoms with Gasteiger partial charge in [-0.3, -0.25) is 0 Å². The molecule has 0 heterocycles. The molecule has 0 saturated heterocycles. The second-order valence-corrected chi connectivity index (χ2v) is 7.87. The highest BCUT2D eigenvalue weighted by molar-refractivity contribution is 5.68. The minimum absolute atomic E-state index is 0.692. The fourth-order valence-electron chi connectivity index (χ4n) is 4.89. The van der Waals surface area contributed by atoms with Gasteiger partial charge in [0.2, 0.25) is 0 Å². The molecule has 0 N–H and O–H groups in total. The molecule has 4 aromatic rings. The van der Waals surface area contributed by atoms with Crippen LogP contribution in [0.5, 0.6) is 17.2 Å². The summed E-state index contributed by atoms with van der Waals surface area (Å²) in [4.78, 5) is 0. The fourth-order valence-corrected chi connectivity index (χ4v) is 4.89. The Bertz CT molecular complexity index is 1100. The third-order valence-corrected chi connectivity index (χ3v) is 6.31. The number of aryl methyl sites for hydroxylation is 1. The summed E-state index contributed by atoms with van der Waals surface area (Å²) in [5.41, 5.74) is 4.76. The Kier molecular flexibility index (Phi) is 6.69. The molecule has 0 fully saturated rings. The molecule has 0 bridgehead atoms. The van der Waals surface area contributed by atoms with Crippen LogP contribution < -0.4 is 14.2 Å². The number of ether oxygens (including phenoxy) is 3. The standard InChI is InChI=1S/C30H30O3/c1-5-22-14-12-19-25(28(22)32-3)30(23-15-8-6-9-16-23,24-17-10-7-11-18-24)26-20-13-21-27(31-2)29(26)33-4/h6-21H,5H2,1-4H3. The van der Waals surface area contributed by atoms with E-state index in [1.54, 1.807) is 21.3 Å². The summed E-state index contributed by atoms with van der Waals surface area (Å²) in [7, 11) is 5.12. The molecule has 33 heavy (non-hydrogen) atoms. The number of rotatable bonds is 8. The number of hydrogen-bond donors (Lipinski definition) is 0. The molecule has 0 aliphatic rings. The Labute approximate surface area is 196 Å². The van der Waals surface area contributed by atoms with Gasteiger partial charge in [-0.25, -0.2) is 0 Å². The molecule has 0 unspecified atom stereocenters. The lowest BCUT2D eigenvalue weighted by molar-refractivity contribution is 0.348. The van der Waals surface area contributed by atoms with E-state index < -0.39 is 5.41 Å². The van der Waals surface area contributed by atoms with Gasteiger partial charge in [-0.2, -0.15) is 0 Å². The lowest BCUT2D eigenvalue weighted by atomic mass is 9.64. The molecule has 0 atom stereocenters. The van der Waals surface area contributed by atoms with Gasteiger partial charge in [0.15, 0.2) is 11.5 Å². The third-order valence-electron chi connectivity index (χ3n) is 6.31. The maximum absolute atomic E-state index is 6.10. The highest BCUT2D eigenvalue weighted by Gasteiger charge is 2.43. The monoisotopic (exact) mass is 438 g/mol. The second-order valence-electron chi connectivity index (χ2n) is 7.87. The highest BCUT2D eigenvalue weighted by Crippen LogP contribution is 2.53. The molecule has 0 radical (unpaired) electrons. The Morgan fingerprint density at radius 2 is 1.06 bits per heavy atom. The zero-order chi connectivity index (χ0) is 23.3. The smallest absolute Gasteiger partial charge is 0.165 e. The van der Waals surface area contributed by atoms with Crippen molar-refractivity contribution in [3.63, 3.8) is 0 Å². The normalized spacial score (nSPS) is 11.2. The molecule has 0 aliphatic heterocycles. The Balaban J connectivity index is 2.26. The highest BCUT2D eigenvalue weighted by atomic mass is 16.5. The van der Waals surface area contributed by atoms with Crippen LogP contribution in [0.2, 0.25) is 0 Å². The van der Waals surface area contributed by atoms with E-state index in [-0.39, 0.29) is 0 Å². The van der Waals surface area contributed by atoms with Gasteiger partial charge in [-0.15, -0.1) is 0 Å². The van der Waals surface area contributed by atoms with Crippen molar-refractivity contribution in [2.75, 3.05) is 21.3 Å². The summed E-state index contributed by atoms with van der Waals surface area (Å²) in [6, 6.07) is 33.6. The summed E-state index contributed by atoms with van der Waals surface area (Å²) in [6.07, 6.45) is 0.867. The van der Waals surface area contributed by atoms with Crippen molar-refractivity contribution in [2.24, 2.45) is 0 Å². The molecule has 0 aliphatic carbocycles. The summed E-state index contributed by atoms with van der Waals surface area (Å²) in [5, 5.41) is 0. The van der Waals surface area contributed by atoms with E-state index in [0.717, 1.165) is 40.0 Å². The molecule has 3 nitrogen and oxygen atoms in total. The van der Waals surface area contributed by atoms with Gasteiger partial charge < -0.3 is 14.2 Å². The van der Waals surface area contributed by atoms with Gasteiger partial charge in [0.25, 0.3) is 0 Å². The zero-order valence-electron chi connectivity index (χ0n) is 19.7. The van der Waals surface area contributed by atoms with Crippen LogP contribution >= 0.6 is 0 Å². The molecule has 4 rings (SSSR count). The minimum atomic E-state index is -0.696. The van der Waals surface area contributed by atoms with Crippen LogP contribution in [0.25, 0.3) is 0 Å². The predicted octanol–water partition coefficient (Wildman–Crippen LogP) is 6.66. The number of para-hydroxylation sites is 2. The van der Waals surface area contributed by atoms with Gasteiger partial charge in [-0.05, 0) is 29.2 Å². The SMILES string of the molecule is CCc1cccc(C(c2ccccc2)(c2ccccc2)c2cccc(OC)c2OC)c1OC. The molecular weight excluding hydrogens is 408 g/mol. The van der Waals surface area contributed by atoms with Crippen molar-refractivity contribution in [1.29, 1.82) is 0 Å². The molecule has 168 valence electrons. The van der Waals surface area contributed by atoms with Gasteiger partial charge in [0.1, 0.15) is 5.75 Å². The number of methoxy groups -OCH3 is 3. The van der Waals surface area contributed by atoms with Crippen LogP contribution in [0.4, 0.5) is 0 Å². The van der Waals surface area contributed by atoms with E-state index in [2.05, 4.69) is 79.7 Å². The van der Waals surface area contributed by atoms with E-state index in [9.17, 15) is 0 Å². The molecule has 0 amide bonds. The lowest BCUT2D eigenvalue weighted by Gasteiger charge is -2.39. The third kappa shape index (κ3) is 3.74.